The van der Waals surface area contributed by atoms with E-state index in [-0.39, 0.29) is 21.0 Å². The number of nitrogens with one attached hydrogen (secondary N) is 2. The molecule has 0 bridgehead atoms. The van der Waals surface area contributed by atoms with Gasteiger partial charge in [-0.2, -0.15) is 0 Å². The Morgan fingerprint density at radius 2 is 1.61 bits per heavy atom. The summed E-state index contributed by atoms with van der Waals surface area (Å²) >= 11 is 0. The highest BCUT2D eigenvalue weighted by Crippen LogP contribution is 2.25. The Bertz CT molecular complexity index is 1310. The average Bonchev–Trinajstić information content (AvgIpc) is 2.60. The number of hydrogen-bond donors (Lipinski definition) is 2. The third kappa shape index (κ3) is 4.29. The quantitative estimate of drug-likeness (QED) is 0.651. The van der Waals surface area contributed by atoms with Crippen LogP contribution in [0, 0.1) is 6.92 Å². The zero-order valence-corrected chi connectivity index (χ0v) is 16.6. The number of aromatic amines is 1. The standard InChI is InChI=1S/C18H17N3O5S2/c1-12-10-17(22)20-18(19-12)13-6-5-7-14(11-13)21-28(25,26)16-9-4-3-8-15(16)27(2,23)24/h3-11,21H,1-2H3,(H,19,20,22). The van der Waals surface area contributed by atoms with Crippen LogP contribution in [0.4, 0.5) is 5.69 Å². The van der Waals surface area contributed by atoms with E-state index in [1.165, 1.54) is 42.5 Å². The number of benzene rings is 2. The first kappa shape index (κ1) is 19.8. The van der Waals surface area contributed by atoms with Crippen LogP contribution in [0.25, 0.3) is 11.4 Å². The van der Waals surface area contributed by atoms with Gasteiger partial charge in [0.15, 0.2) is 9.84 Å². The maximum Gasteiger partial charge on any atom is 0.263 e. The molecule has 0 saturated carbocycles. The summed E-state index contributed by atoms with van der Waals surface area (Å²) in [5, 5.41) is 0. The van der Waals surface area contributed by atoms with Gasteiger partial charge in [-0.3, -0.25) is 9.52 Å². The summed E-state index contributed by atoms with van der Waals surface area (Å²) < 4.78 is 51.8. The van der Waals surface area contributed by atoms with E-state index < -0.39 is 19.9 Å². The number of aromatic nitrogens is 2. The molecule has 0 amide bonds. The van der Waals surface area contributed by atoms with Crippen molar-refractivity contribution in [2.75, 3.05) is 11.0 Å². The third-order valence-electron chi connectivity index (χ3n) is 3.80. The Hall–Kier alpha value is -2.98. The van der Waals surface area contributed by atoms with Gasteiger partial charge in [-0.1, -0.05) is 24.3 Å². The SMILES string of the molecule is Cc1cc(=O)[nH]c(-c2cccc(NS(=O)(=O)c3ccccc3S(C)(=O)=O)c2)n1. The van der Waals surface area contributed by atoms with E-state index in [4.69, 9.17) is 0 Å². The van der Waals surface area contributed by atoms with Gasteiger partial charge in [-0.25, -0.2) is 21.8 Å². The Labute approximate surface area is 162 Å². The highest BCUT2D eigenvalue weighted by atomic mass is 32.2. The van der Waals surface area contributed by atoms with Gasteiger partial charge in [0.1, 0.15) is 10.7 Å². The van der Waals surface area contributed by atoms with E-state index in [1.54, 1.807) is 19.1 Å². The van der Waals surface area contributed by atoms with Crippen LogP contribution in [-0.4, -0.2) is 33.1 Å². The first-order valence-corrected chi connectivity index (χ1v) is 11.4. The molecule has 10 heteroatoms. The average molecular weight is 419 g/mol. The van der Waals surface area contributed by atoms with Crippen LogP contribution < -0.4 is 10.3 Å². The largest absolute Gasteiger partial charge is 0.307 e. The first-order chi connectivity index (χ1) is 13.1. The van der Waals surface area contributed by atoms with Crippen molar-refractivity contribution in [3.63, 3.8) is 0 Å². The molecule has 0 fully saturated rings. The van der Waals surface area contributed by atoms with Gasteiger partial charge in [0.05, 0.1) is 4.90 Å². The zero-order valence-electron chi connectivity index (χ0n) is 15.0. The Kier molecular flexibility index (Phi) is 5.09. The zero-order chi connectivity index (χ0) is 20.5. The van der Waals surface area contributed by atoms with Crippen molar-refractivity contribution in [1.82, 2.24) is 9.97 Å². The minimum Gasteiger partial charge on any atom is -0.307 e. The van der Waals surface area contributed by atoms with E-state index in [1.807, 2.05) is 0 Å². The van der Waals surface area contributed by atoms with Crippen molar-refractivity contribution < 1.29 is 16.8 Å². The summed E-state index contributed by atoms with van der Waals surface area (Å²) in [6.45, 7) is 1.67. The fourth-order valence-electron chi connectivity index (χ4n) is 2.63. The third-order valence-corrected chi connectivity index (χ3v) is 6.52. The summed E-state index contributed by atoms with van der Waals surface area (Å²) in [6.07, 6.45) is 0.946. The summed E-state index contributed by atoms with van der Waals surface area (Å²) in [5.74, 6) is 0.294. The van der Waals surface area contributed by atoms with Crippen LogP contribution in [0.2, 0.25) is 0 Å². The molecule has 146 valence electrons. The van der Waals surface area contributed by atoms with Gasteiger partial charge in [-0.15, -0.1) is 0 Å². The van der Waals surface area contributed by atoms with Crippen molar-refractivity contribution in [3.8, 4) is 11.4 Å². The van der Waals surface area contributed by atoms with Crippen molar-refractivity contribution in [1.29, 1.82) is 0 Å². The first-order valence-electron chi connectivity index (χ1n) is 8.06. The number of H-pyrrole nitrogens is 1. The molecule has 0 saturated heterocycles. The lowest BCUT2D eigenvalue weighted by molar-refractivity contribution is 0.588. The smallest absolute Gasteiger partial charge is 0.263 e. The summed E-state index contributed by atoms with van der Waals surface area (Å²) in [6, 6.07) is 13.0. The predicted octanol–water partition coefficient (Wildman–Crippen LogP) is 1.95. The van der Waals surface area contributed by atoms with Crippen LogP contribution in [0.1, 0.15) is 5.69 Å². The Balaban J connectivity index is 2.02. The molecule has 1 heterocycles. The van der Waals surface area contributed by atoms with Gasteiger partial charge >= 0.3 is 0 Å². The highest BCUT2D eigenvalue weighted by molar-refractivity contribution is 7.95. The summed E-state index contributed by atoms with van der Waals surface area (Å²) in [4.78, 5) is 17.8. The molecule has 0 unspecified atom stereocenters. The predicted molar refractivity (Wildman–Crippen MR) is 105 cm³/mol. The van der Waals surface area contributed by atoms with Gasteiger partial charge < -0.3 is 4.98 Å². The van der Waals surface area contributed by atoms with E-state index in [2.05, 4.69) is 14.7 Å². The van der Waals surface area contributed by atoms with E-state index in [0.717, 1.165) is 6.26 Å². The molecule has 3 aromatic rings. The number of anilines is 1. The van der Waals surface area contributed by atoms with Crippen molar-refractivity contribution in [2.24, 2.45) is 0 Å². The van der Waals surface area contributed by atoms with Gasteiger partial charge in [0, 0.05) is 29.3 Å². The lowest BCUT2D eigenvalue weighted by atomic mass is 10.2. The van der Waals surface area contributed by atoms with Crippen molar-refractivity contribution in [2.45, 2.75) is 16.7 Å². The second-order valence-corrected chi connectivity index (χ2v) is 9.78. The summed E-state index contributed by atoms with van der Waals surface area (Å²) in [5.41, 5.74) is 0.893. The minimum absolute atomic E-state index is 0.199. The molecule has 0 aliphatic carbocycles. The van der Waals surface area contributed by atoms with Gasteiger partial charge in [0.2, 0.25) is 0 Å². The van der Waals surface area contributed by atoms with Crippen LogP contribution in [-0.2, 0) is 19.9 Å². The molecule has 0 radical (unpaired) electrons. The molecule has 0 aliphatic rings. The van der Waals surface area contributed by atoms with Gasteiger partial charge in [0.25, 0.3) is 15.6 Å². The minimum atomic E-state index is -4.16. The van der Waals surface area contributed by atoms with E-state index >= 15 is 0 Å². The molecule has 3 rings (SSSR count). The lowest BCUT2D eigenvalue weighted by Gasteiger charge is -2.12. The normalized spacial score (nSPS) is 11.9. The molecule has 1 aromatic heterocycles. The number of aryl methyl sites for hydroxylation is 1. The highest BCUT2D eigenvalue weighted by Gasteiger charge is 2.23. The molecule has 28 heavy (non-hydrogen) atoms. The monoisotopic (exact) mass is 419 g/mol. The molecular weight excluding hydrogens is 402 g/mol. The number of sulfone groups is 1. The molecule has 0 atom stereocenters. The molecular formula is C18H17N3O5S2. The number of hydrogen-bond acceptors (Lipinski definition) is 6. The molecule has 0 spiro atoms. The van der Waals surface area contributed by atoms with Crippen molar-refractivity contribution >= 4 is 25.5 Å². The number of rotatable bonds is 5. The topological polar surface area (TPSA) is 126 Å². The number of sulfonamides is 1. The number of nitrogens with zero attached hydrogens (tertiary/aromatic N) is 1. The maximum atomic E-state index is 12.8. The van der Waals surface area contributed by atoms with E-state index in [0.29, 0.717) is 17.1 Å². The fourth-order valence-corrected chi connectivity index (χ4v) is 5.31. The second kappa shape index (κ2) is 7.21. The van der Waals surface area contributed by atoms with Crippen LogP contribution in [0.3, 0.4) is 0 Å². The Morgan fingerprint density at radius 3 is 2.25 bits per heavy atom. The summed E-state index contributed by atoms with van der Waals surface area (Å²) in [7, 11) is -7.90. The maximum absolute atomic E-state index is 12.8. The van der Waals surface area contributed by atoms with Crippen LogP contribution in [0.15, 0.2) is 69.2 Å². The van der Waals surface area contributed by atoms with Crippen LogP contribution in [0.5, 0.6) is 0 Å². The second-order valence-electron chi connectivity index (χ2n) is 6.14. The molecule has 0 aliphatic heterocycles. The van der Waals surface area contributed by atoms with Crippen LogP contribution >= 0.6 is 0 Å². The van der Waals surface area contributed by atoms with E-state index in [9.17, 15) is 21.6 Å². The van der Waals surface area contributed by atoms with Crippen molar-refractivity contribution in [3.05, 3.63) is 70.6 Å². The fraction of sp³-hybridized carbons (Fsp3) is 0.111. The molecule has 8 nitrogen and oxygen atoms in total. The molecule has 2 aromatic carbocycles. The van der Waals surface area contributed by atoms with Gasteiger partial charge in [-0.05, 0) is 31.2 Å². The Morgan fingerprint density at radius 1 is 0.929 bits per heavy atom. The lowest BCUT2D eigenvalue weighted by Crippen LogP contribution is -2.16. The molecule has 2 N–H and O–H groups in total.